The minimum Gasteiger partial charge on any atom is -0.361 e. The summed E-state index contributed by atoms with van der Waals surface area (Å²) in [5.74, 6) is 0.752. The maximum Gasteiger partial charge on any atom is 0.0500 e. The summed E-state index contributed by atoms with van der Waals surface area (Å²) in [4.78, 5) is 7.77. The molecule has 0 aliphatic carbocycles. The number of fused-ring (bicyclic) bond motifs is 1. The Labute approximate surface area is 95.3 Å². The highest BCUT2D eigenvalue weighted by molar-refractivity contribution is 5.81. The monoisotopic (exact) mass is 215 g/mol. The van der Waals surface area contributed by atoms with Crippen LogP contribution in [0.25, 0.3) is 10.9 Å². The van der Waals surface area contributed by atoms with Crippen molar-refractivity contribution in [2.45, 2.75) is 19.3 Å². The summed E-state index contributed by atoms with van der Waals surface area (Å²) in [6, 6.07) is 4.17. The zero-order chi connectivity index (χ0) is 10.8. The maximum atomic E-state index is 4.53. The van der Waals surface area contributed by atoms with Crippen LogP contribution in [-0.4, -0.2) is 23.1 Å². The number of piperidine rings is 1. The first-order valence-corrected chi connectivity index (χ1v) is 6.05. The second kappa shape index (κ2) is 4.26. The van der Waals surface area contributed by atoms with Crippen LogP contribution in [0, 0.1) is 5.92 Å². The number of nitrogens with zero attached hydrogens (tertiary/aromatic N) is 1. The first-order valence-electron chi connectivity index (χ1n) is 6.05. The molecule has 0 saturated carbocycles. The predicted molar refractivity (Wildman–Crippen MR) is 65.4 cm³/mol. The van der Waals surface area contributed by atoms with Crippen LogP contribution >= 0.6 is 0 Å². The molecule has 3 nitrogen and oxygen atoms in total. The van der Waals surface area contributed by atoms with E-state index in [1.54, 1.807) is 0 Å². The zero-order valence-electron chi connectivity index (χ0n) is 9.37. The van der Waals surface area contributed by atoms with Crippen LogP contribution < -0.4 is 5.32 Å². The Morgan fingerprint density at radius 3 is 3.25 bits per heavy atom. The Bertz CT molecular complexity index is 469. The van der Waals surface area contributed by atoms with E-state index in [-0.39, 0.29) is 0 Å². The fourth-order valence-corrected chi connectivity index (χ4v) is 2.58. The van der Waals surface area contributed by atoms with E-state index < -0.39 is 0 Å². The number of aromatic amines is 1. The van der Waals surface area contributed by atoms with E-state index in [0.29, 0.717) is 0 Å². The van der Waals surface area contributed by atoms with Crippen LogP contribution in [0.5, 0.6) is 0 Å². The van der Waals surface area contributed by atoms with Crippen molar-refractivity contribution in [2.75, 3.05) is 13.1 Å². The number of rotatable bonds is 2. The Morgan fingerprint density at radius 2 is 2.38 bits per heavy atom. The molecule has 16 heavy (non-hydrogen) atoms. The van der Waals surface area contributed by atoms with Crippen molar-refractivity contribution >= 4 is 10.9 Å². The van der Waals surface area contributed by atoms with Crippen molar-refractivity contribution in [3.8, 4) is 0 Å². The Hall–Kier alpha value is -1.35. The van der Waals surface area contributed by atoms with Crippen LogP contribution in [-0.2, 0) is 6.42 Å². The summed E-state index contributed by atoms with van der Waals surface area (Å²) in [5.41, 5.74) is 2.45. The molecular formula is C13H17N3. The molecule has 2 aromatic heterocycles. The average molecular weight is 215 g/mol. The summed E-state index contributed by atoms with van der Waals surface area (Å²) < 4.78 is 0. The number of aromatic nitrogens is 2. The Balaban J connectivity index is 1.85. The smallest absolute Gasteiger partial charge is 0.0500 e. The van der Waals surface area contributed by atoms with E-state index in [2.05, 4.69) is 21.4 Å². The number of hydrogen-bond donors (Lipinski definition) is 2. The first-order chi connectivity index (χ1) is 7.93. The number of hydrogen-bond acceptors (Lipinski definition) is 2. The Kier molecular flexibility index (Phi) is 2.62. The van der Waals surface area contributed by atoms with E-state index in [0.717, 1.165) is 18.9 Å². The molecule has 0 bridgehead atoms. The highest BCUT2D eigenvalue weighted by Crippen LogP contribution is 2.21. The molecule has 0 aromatic carbocycles. The fraction of sp³-hybridized carbons (Fsp3) is 0.462. The van der Waals surface area contributed by atoms with Gasteiger partial charge >= 0.3 is 0 Å². The van der Waals surface area contributed by atoms with Crippen molar-refractivity contribution in [3.63, 3.8) is 0 Å². The van der Waals surface area contributed by atoms with Gasteiger partial charge in [-0.1, -0.05) is 0 Å². The van der Waals surface area contributed by atoms with Crippen LogP contribution in [0.4, 0.5) is 0 Å². The molecular weight excluding hydrogens is 198 g/mol. The molecule has 3 heterocycles. The molecule has 0 radical (unpaired) electrons. The van der Waals surface area contributed by atoms with Crippen LogP contribution in [0.15, 0.2) is 24.5 Å². The van der Waals surface area contributed by atoms with E-state index in [1.807, 2.05) is 18.5 Å². The van der Waals surface area contributed by atoms with E-state index in [9.17, 15) is 0 Å². The summed E-state index contributed by atoms with van der Waals surface area (Å²) in [7, 11) is 0. The highest BCUT2D eigenvalue weighted by atomic mass is 14.9. The van der Waals surface area contributed by atoms with Crippen molar-refractivity contribution in [1.82, 2.24) is 15.3 Å². The van der Waals surface area contributed by atoms with E-state index in [1.165, 1.54) is 36.0 Å². The topological polar surface area (TPSA) is 40.7 Å². The largest absolute Gasteiger partial charge is 0.361 e. The summed E-state index contributed by atoms with van der Waals surface area (Å²) in [6.07, 6.45) is 7.63. The molecule has 2 N–H and O–H groups in total. The lowest BCUT2D eigenvalue weighted by molar-refractivity contribution is 0.374. The molecule has 3 rings (SSSR count). The van der Waals surface area contributed by atoms with Gasteiger partial charge in [0.25, 0.3) is 0 Å². The molecule has 1 aliphatic heterocycles. The van der Waals surface area contributed by atoms with E-state index >= 15 is 0 Å². The molecule has 2 aromatic rings. The second-order valence-electron chi connectivity index (χ2n) is 4.61. The minimum absolute atomic E-state index is 0.752. The minimum atomic E-state index is 0.752. The van der Waals surface area contributed by atoms with Crippen molar-refractivity contribution in [1.29, 1.82) is 0 Å². The Morgan fingerprint density at radius 1 is 1.38 bits per heavy atom. The van der Waals surface area contributed by atoms with Crippen molar-refractivity contribution < 1.29 is 0 Å². The highest BCUT2D eigenvalue weighted by Gasteiger charge is 2.15. The SMILES string of the molecule is c1cc2[nH]ccc2c(C[C@H]2CCCNC2)n1. The molecule has 3 heteroatoms. The van der Waals surface area contributed by atoms with Gasteiger partial charge in [0, 0.05) is 23.3 Å². The molecule has 84 valence electrons. The lowest BCUT2D eigenvalue weighted by Crippen LogP contribution is -2.31. The molecule has 1 fully saturated rings. The summed E-state index contributed by atoms with van der Waals surface area (Å²) in [6.45, 7) is 2.32. The van der Waals surface area contributed by atoms with Gasteiger partial charge in [-0.25, -0.2) is 0 Å². The van der Waals surface area contributed by atoms with Gasteiger partial charge in [-0.3, -0.25) is 4.98 Å². The zero-order valence-corrected chi connectivity index (χ0v) is 9.37. The van der Waals surface area contributed by atoms with Gasteiger partial charge in [0.05, 0.1) is 5.69 Å². The van der Waals surface area contributed by atoms with Gasteiger partial charge in [-0.2, -0.15) is 0 Å². The first kappa shape index (κ1) is 9.85. The molecule has 1 saturated heterocycles. The second-order valence-corrected chi connectivity index (χ2v) is 4.61. The molecule has 1 aliphatic rings. The predicted octanol–water partition coefficient (Wildman–Crippen LogP) is 2.10. The fourth-order valence-electron chi connectivity index (χ4n) is 2.58. The average Bonchev–Trinajstić information content (AvgIpc) is 2.80. The standard InChI is InChI=1S/C13H17N3/c1-2-10(9-14-5-1)8-13-11-3-6-15-12(11)4-7-16-13/h3-4,6-7,10,14-15H,1-2,5,8-9H2/t10-/m1/s1. The molecule has 0 spiro atoms. The molecule has 1 atom stereocenters. The molecule has 0 unspecified atom stereocenters. The van der Waals surface area contributed by atoms with Crippen molar-refractivity contribution in [3.05, 3.63) is 30.2 Å². The van der Waals surface area contributed by atoms with Gasteiger partial charge in [0.15, 0.2) is 0 Å². The third-order valence-electron chi connectivity index (χ3n) is 3.44. The maximum absolute atomic E-state index is 4.53. The normalized spacial score (nSPS) is 21.4. The van der Waals surface area contributed by atoms with Gasteiger partial charge in [-0.05, 0) is 50.4 Å². The van der Waals surface area contributed by atoms with E-state index in [4.69, 9.17) is 0 Å². The van der Waals surface area contributed by atoms with Gasteiger partial charge in [-0.15, -0.1) is 0 Å². The lowest BCUT2D eigenvalue weighted by Gasteiger charge is -2.22. The van der Waals surface area contributed by atoms with Crippen LogP contribution in [0.1, 0.15) is 18.5 Å². The van der Waals surface area contributed by atoms with Crippen LogP contribution in [0.2, 0.25) is 0 Å². The number of pyridine rings is 1. The van der Waals surface area contributed by atoms with Gasteiger partial charge < -0.3 is 10.3 Å². The summed E-state index contributed by atoms with van der Waals surface area (Å²) >= 11 is 0. The van der Waals surface area contributed by atoms with Gasteiger partial charge in [0.2, 0.25) is 0 Å². The number of H-pyrrole nitrogens is 1. The quantitative estimate of drug-likeness (QED) is 0.805. The van der Waals surface area contributed by atoms with Crippen molar-refractivity contribution in [2.24, 2.45) is 5.92 Å². The third-order valence-corrected chi connectivity index (χ3v) is 3.44. The van der Waals surface area contributed by atoms with Gasteiger partial charge in [0.1, 0.15) is 0 Å². The van der Waals surface area contributed by atoms with Crippen LogP contribution in [0.3, 0.4) is 0 Å². The molecule has 0 amide bonds. The number of nitrogens with one attached hydrogen (secondary N) is 2. The summed E-state index contributed by atoms with van der Waals surface area (Å²) in [5, 5.41) is 4.75. The lowest BCUT2D eigenvalue weighted by atomic mass is 9.93. The third kappa shape index (κ3) is 1.83.